The number of thioether (sulfide) groups is 2. The molecule has 0 fully saturated rings. The van der Waals surface area contributed by atoms with Gasteiger partial charge in [0.25, 0.3) is 0 Å². The lowest BCUT2D eigenvalue weighted by Gasteiger charge is -2.21. The van der Waals surface area contributed by atoms with Crippen LogP contribution < -0.4 is 0 Å². The molecule has 172 valence electrons. The first kappa shape index (κ1) is 22.6. The first-order valence-corrected chi connectivity index (χ1v) is 15.3. The first-order chi connectivity index (χ1) is 16.7. The molecular formula is C28H26N2S4. The predicted octanol–water partition coefficient (Wildman–Crippen LogP) is 10.0. The van der Waals surface area contributed by atoms with Gasteiger partial charge in [0.2, 0.25) is 0 Å². The Morgan fingerprint density at radius 1 is 0.588 bits per heavy atom. The van der Waals surface area contributed by atoms with E-state index >= 15 is 0 Å². The summed E-state index contributed by atoms with van der Waals surface area (Å²) in [4.78, 5) is 18.3. The van der Waals surface area contributed by atoms with Gasteiger partial charge in [0, 0.05) is 30.3 Å². The summed E-state index contributed by atoms with van der Waals surface area (Å²) in [5.41, 5.74) is 2.15. The van der Waals surface area contributed by atoms with Crippen LogP contribution in [0, 0.1) is 0 Å². The third-order valence-corrected chi connectivity index (χ3v) is 10.9. The maximum atomic E-state index is 5.11. The van der Waals surface area contributed by atoms with Crippen molar-refractivity contribution in [3.63, 3.8) is 0 Å². The highest BCUT2D eigenvalue weighted by Crippen LogP contribution is 2.51. The molecule has 6 heteroatoms. The third kappa shape index (κ3) is 4.19. The monoisotopic (exact) mass is 518 g/mol. The largest absolute Gasteiger partial charge is 0.240 e. The van der Waals surface area contributed by atoms with E-state index in [0.717, 1.165) is 21.5 Å². The summed E-state index contributed by atoms with van der Waals surface area (Å²) in [6, 6.07) is 17.9. The molecule has 34 heavy (non-hydrogen) atoms. The van der Waals surface area contributed by atoms with Crippen molar-refractivity contribution in [2.24, 2.45) is 9.98 Å². The molecule has 2 aromatic carbocycles. The molecule has 0 unspecified atom stereocenters. The van der Waals surface area contributed by atoms with Gasteiger partial charge in [-0.25, -0.2) is 9.98 Å². The van der Waals surface area contributed by atoms with Crippen LogP contribution in [0.15, 0.2) is 68.3 Å². The number of aryl methyl sites for hydroxylation is 2. The number of thiophene rings is 2. The van der Waals surface area contributed by atoms with Crippen molar-refractivity contribution >= 4 is 78.4 Å². The molecule has 0 bridgehead atoms. The Morgan fingerprint density at radius 2 is 1.06 bits per heavy atom. The first-order valence-electron chi connectivity index (χ1n) is 12.0. The van der Waals surface area contributed by atoms with E-state index in [9.17, 15) is 0 Å². The van der Waals surface area contributed by atoms with Crippen LogP contribution in [0.5, 0.6) is 0 Å². The normalized spacial score (nSPS) is 14.4. The van der Waals surface area contributed by atoms with Crippen LogP contribution in [0.2, 0.25) is 0 Å². The zero-order valence-corrected chi connectivity index (χ0v) is 22.7. The van der Waals surface area contributed by atoms with Crippen LogP contribution in [0.4, 0.5) is 11.4 Å². The van der Waals surface area contributed by atoms with Crippen molar-refractivity contribution in [2.75, 3.05) is 0 Å². The topological polar surface area (TPSA) is 24.7 Å². The Bertz CT molecular complexity index is 1330. The van der Waals surface area contributed by atoms with Crippen LogP contribution in [0.3, 0.4) is 0 Å². The zero-order chi connectivity index (χ0) is 23.1. The summed E-state index contributed by atoms with van der Waals surface area (Å²) in [5, 5.41) is 4.76. The molecule has 0 aliphatic carbocycles. The van der Waals surface area contributed by atoms with E-state index in [1.165, 1.54) is 78.6 Å². The third-order valence-electron chi connectivity index (χ3n) is 6.20. The standard InChI is InChI=1S/C28H26N2S4/c1-3-5-7-17-9-13-23(31-17)27-29-19-11-16-22-26-20(12-15-21(33-27)25(19)26)30-28(34-22)24-14-10-18(32-24)8-6-4-2/h9-16H,3-8H2,1-2H3. The highest BCUT2D eigenvalue weighted by Gasteiger charge is 2.25. The molecule has 0 radical (unpaired) electrons. The highest BCUT2D eigenvalue weighted by molar-refractivity contribution is 8.15. The average Bonchev–Trinajstić information content (AvgIpc) is 3.54. The lowest BCUT2D eigenvalue weighted by molar-refractivity contribution is 0.804. The summed E-state index contributed by atoms with van der Waals surface area (Å²) in [5.74, 6) is 0. The van der Waals surface area contributed by atoms with Crippen molar-refractivity contribution in [3.8, 4) is 0 Å². The second-order valence-corrected chi connectivity index (χ2v) is 13.1. The van der Waals surface area contributed by atoms with Gasteiger partial charge >= 0.3 is 0 Å². The molecular weight excluding hydrogens is 493 g/mol. The molecule has 6 rings (SSSR count). The lowest BCUT2D eigenvalue weighted by Crippen LogP contribution is -2.01. The molecule has 0 atom stereocenters. The molecule has 0 amide bonds. The Hall–Kier alpha value is -1.86. The maximum absolute atomic E-state index is 5.11. The van der Waals surface area contributed by atoms with Gasteiger partial charge < -0.3 is 0 Å². The molecule has 4 aromatic rings. The fraction of sp³-hybridized carbons (Fsp3) is 0.286. The number of nitrogens with zero attached hydrogens (tertiary/aromatic N) is 2. The second kappa shape index (κ2) is 9.65. The van der Waals surface area contributed by atoms with E-state index in [4.69, 9.17) is 9.98 Å². The average molecular weight is 519 g/mol. The quantitative estimate of drug-likeness (QED) is 0.232. The van der Waals surface area contributed by atoms with Gasteiger partial charge in [-0.3, -0.25) is 0 Å². The van der Waals surface area contributed by atoms with Gasteiger partial charge in [-0.15, -0.1) is 22.7 Å². The molecule has 0 N–H and O–H groups in total. The SMILES string of the molecule is CCCCc1ccc(C2=Nc3ccc4c5c(ccc(c35)S2)N=C(c2ccc(CCCC)s2)S4)s1. The molecule has 2 aliphatic heterocycles. The number of benzene rings is 2. The van der Waals surface area contributed by atoms with Crippen LogP contribution >= 0.6 is 46.2 Å². The van der Waals surface area contributed by atoms with Crippen LogP contribution in [-0.4, -0.2) is 10.1 Å². The Kier molecular flexibility index (Phi) is 6.41. The Labute approximate surface area is 217 Å². The fourth-order valence-corrected chi connectivity index (χ4v) is 8.69. The minimum atomic E-state index is 1.07. The molecule has 2 aliphatic rings. The Morgan fingerprint density at radius 3 is 1.50 bits per heavy atom. The van der Waals surface area contributed by atoms with E-state index in [-0.39, 0.29) is 0 Å². The number of unbranched alkanes of at least 4 members (excludes halogenated alkanes) is 2. The van der Waals surface area contributed by atoms with Gasteiger partial charge in [-0.1, -0.05) is 50.2 Å². The maximum Gasteiger partial charge on any atom is 0.119 e. The summed E-state index contributed by atoms with van der Waals surface area (Å²) in [6.07, 6.45) is 7.30. The van der Waals surface area contributed by atoms with Crippen LogP contribution in [0.25, 0.3) is 10.8 Å². The molecule has 0 saturated heterocycles. The highest BCUT2D eigenvalue weighted by atomic mass is 32.2. The van der Waals surface area contributed by atoms with Crippen molar-refractivity contribution < 1.29 is 0 Å². The van der Waals surface area contributed by atoms with E-state index < -0.39 is 0 Å². The van der Waals surface area contributed by atoms with Gasteiger partial charge in [-0.2, -0.15) is 0 Å². The van der Waals surface area contributed by atoms with Gasteiger partial charge in [0.05, 0.1) is 21.1 Å². The van der Waals surface area contributed by atoms with Crippen molar-refractivity contribution in [3.05, 3.63) is 68.0 Å². The molecule has 4 heterocycles. The molecule has 2 aromatic heterocycles. The van der Waals surface area contributed by atoms with Crippen molar-refractivity contribution in [1.82, 2.24) is 0 Å². The van der Waals surface area contributed by atoms with Crippen molar-refractivity contribution in [1.29, 1.82) is 0 Å². The zero-order valence-electron chi connectivity index (χ0n) is 19.4. The number of rotatable bonds is 8. The van der Waals surface area contributed by atoms with Gasteiger partial charge in [0.15, 0.2) is 0 Å². The van der Waals surface area contributed by atoms with Gasteiger partial charge in [0.1, 0.15) is 10.1 Å². The predicted molar refractivity (Wildman–Crippen MR) is 154 cm³/mol. The summed E-state index contributed by atoms with van der Waals surface area (Å²) >= 11 is 7.40. The minimum Gasteiger partial charge on any atom is -0.240 e. The number of aliphatic imine (C=N–C) groups is 2. The van der Waals surface area contributed by atoms with E-state index in [0.29, 0.717) is 0 Å². The number of hydrogen-bond acceptors (Lipinski definition) is 6. The molecule has 0 spiro atoms. The van der Waals surface area contributed by atoms with Gasteiger partial charge in [-0.05, 0) is 74.2 Å². The van der Waals surface area contributed by atoms with E-state index in [1.54, 1.807) is 23.5 Å². The molecule has 0 saturated carbocycles. The molecule has 2 nitrogen and oxygen atoms in total. The van der Waals surface area contributed by atoms with E-state index in [2.05, 4.69) is 62.4 Å². The van der Waals surface area contributed by atoms with E-state index in [1.807, 2.05) is 22.7 Å². The minimum absolute atomic E-state index is 1.07. The Balaban J connectivity index is 1.35. The lowest BCUT2D eigenvalue weighted by atomic mass is 10.1. The van der Waals surface area contributed by atoms with Crippen molar-refractivity contribution in [2.45, 2.75) is 62.2 Å². The summed E-state index contributed by atoms with van der Waals surface area (Å²) in [7, 11) is 0. The fourth-order valence-electron chi connectivity index (χ4n) is 4.39. The second-order valence-electron chi connectivity index (χ2n) is 8.69. The van der Waals surface area contributed by atoms with Crippen LogP contribution in [-0.2, 0) is 12.8 Å². The smallest absolute Gasteiger partial charge is 0.119 e. The summed E-state index contributed by atoms with van der Waals surface area (Å²) < 4.78 is 0. The summed E-state index contributed by atoms with van der Waals surface area (Å²) in [6.45, 7) is 4.50. The number of hydrogen-bond donors (Lipinski definition) is 0. The van der Waals surface area contributed by atoms with Crippen LogP contribution in [0.1, 0.15) is 59.0 Å².